The summed E-state index contributed by atoms with van der Waals surface area (Å²) in [5.74, 6) is 0. The van der Waals surface area contributed by atoms with Crippen LogP contribution < -0.4 is 5.32 Å². The monoisotopic (exact) mass is 223 g/mol. The van der Waals surface area contributed by atoms with Gasteiger partial charge >= 0.3 is 0 Å². The van der Waals surface area contributed by atoms with Crippen molar-refractivity contribution in [3.8, 4) is 0 Å². The molecular weight excluding hydrogens is 198 g/mol. The minimum atomic E-state index is 0.560. The Morgan fingerprint density at radius 2 is 2.12 bits per heavy atom. The lowest BCUT2D eigenvalue weighted by atomic mass is 10.1. The summed E-state index contributed by atoms with van der Waals surface area (Å²) in [6.45, 7) is 11.0. The summed E-state index contributed by atoms with van der Waals surface area (Å²) in [5.41, 5.74) is 2.45. The summed E-state index contributed by atoms with van der Waals surface area (Å²) in [5, 5.41) is 3.44. The van der Waals surface area contributed by atoms with E-state index in [1.165, 1.54) is 25.0 Å². The van der Waals surface area contributed by atoms with Gasteiger partial charge in [-0.1, -0.05) is 6.92 Å². The van der Waals surface area contributed by atoms with E-state index in [1.807, 2.05) is 6.33 Å². The Balaban J connectivity index is 2.30. The number of rotatable bonds is 7. The SMILES string of the molecule is CCCNCCCC(C)n1cnc(C)c1C. The Bertz CT molecular complexity index is 304. The molecule has 1 unspecified atom stereocenters. The quantitative estimate of drug-likeness (QED) is 0.720. The van der Waals surface area contributed by atoms with Crippen molar-refractivity contribution in [2.75, 3.05) is 13.1 Å². The van der Waals surface area contributed by atoms with Crippen LogP contribution in [0.4, 0.5) is 0 Å². The van der Waals surface area contributed by atoms with Crippen LogP contribution in [0, 0.1) is 13.8 Å². The first-order valence-corrected chi connectivity index (χ1v) is 6.37. The van der Waals surface area contributed by atoms with Crippen molar-refractivity contribution in [1.29, 1.82) is 0 Å². The minimum Gasteiger partial charge on any atom is -0.332 e. The van der Waals surface area contributed by atoms with Crippen molar-refractivity contribution in [1.82, 2.24) is 14.9 Å². The van der Waals surface area contributed by atoms with Gasteiger partial charge in [0.05, 0.1) is 12.0 Å². The van der Waals surface area contributed by atoms with Crippen molar-refractivity contribution in [2.45, 2.75) is 53.0 Å². The minimum absolute atomic E-state index is 0.560. The molecule has 0 amide bonds. The molecule has 1 heterocycles. The number of hydrogen-bond acceptors (Lipinski definition) is 2. The maximum absolute atomic E-state index is 4.34. The predicted molar refractivity (Wildman–Crippen MR) is 68.8 cm³/mol. The maximum atomic E-state index is 4.34. The standard InChI is InChI=1S/C13H25N3/c1-5-8-14-9-6-7-11(2)16-10-15-12(3)13(16)4/h10-11,14H,5-9H2,1-4H3. The first-order chi connectivity index (χ1) is 7.66. The number of aromatic nitrogens is 2. The van der Waals surface area contributed by atoms with Crippen LogP contribution in [0.5, 0.6) is 0 Å². The van der Waals surface area contributed by atoms with Gasteiger partial charge in [-0.05, 0) is 53.1 Å². The number of nitrogens with zero attached hydrogens (tertiary/aromatic N) is 2. The van der Waals surface area contributed by atoms with Gasteiger partial charge in [-0.3, -0.25) is 0 Å². The highest BCUT2D eigenvalue weighted by Gasteiger charge is 2.08. The van der Waals surface area contributed by atoms with Crippen molar-refractivity contribution in [3.63, 3.8) is 0 Å². The van der Waals surface area contributed by atoms with Gasteiger partial charge in [0.2, 0.25) is 0 Å². The topological polar surface area (TPSA) is 29.9 Å². The second-order valence-electron chi connectivity index (χ2n) is 4.56. The fraction of sp³-hybridized carbons (Fsp3) is 0.769. The molecule has 1 rings (SSSR count). The second kappa shape index (κ2) is 6.69. The van der Waals surface area contributed by atoms with Crippen LogP contribution in [0.1, 0.15) is 50.5 Å². The van der Waals surface area contributed by atoms with E-state index in [-0.39, 0.29) is 0 Å². The van der Waals surface area contributed by atoms with E-state index in [9.17, 15) is 0 Å². The fourth-order valence-corrected chi connectivity index (χ4v) is 1.92. The molecule has 0 aliphatic carbocycles. The average Bonchev–Trinajstić information content (AvgIpc) is 2.59. The van der Waals surface area contributed by atoms with Gasteiger partial charge in [-0.2, -0.15) is 0 Å². The van der Waals surface area contributed by atoms with Crippen LogP contribution in [0.25, 0.3) is 0 Å². The van der Waals surface area contributed by atoms with E-state index in [4.69, 9.17) is 0 Å². The van der Waals surface area contributed by atoms with E-state index in [0.717, 1.165) is 18.8 Å². The Morgan fingerprint density at radius 1 is 1.38 bits per heavy atom. The van der Waals surface area contributed by atoms with E-state index < -0.39 is 0 Å². The first-order valence-electron chi connectivity index (χ1n) is 6.37. The smallest absolute Gasteiger partial charge is 0.0953 e. The van der Waals surface area contributed by atoms with Crippen LogP contribution in [0.15, 0.2) is 6.33 Å². The molecule has 0 saturated carbocycles. The molecule has 3 nitrogen and oxygen atoms in total. The Hall–Kier alpha value is -0.830. The van der Waals surface area contributed by atoms with Crippen molar-refractivity contribution in [3.05, 3.63) is 17.7 Å². The number of nitrogens with one attached hydrogen (secondary N) is 1. The Kier molecular flexibility index (Phi) is 5.53. The summed E-state index contributed by atoms with van der Waals surface area (Å²) in [6, 6.07) is 0.560. The molecule has 92 valence electrons. The largest absolute Gasteiger partial charge is 0.332 e. The first kappa shape index (κ1) is 13.2. The van der Waals surface area contributed by atoms with Crippen molar-refractivity contribution < 1.29 is 0 Å². The molecule has 1 atom stereocenters. The lowest BCUT2D eigenvalue weighted by molar-refractivity contribution is 0.468. The van der Waals surface area contributed by atoms with E-state index in [1.54, 1.807) is 0 Å². The molecule has 1 N–H and O–H groups in total. The normalized spacial score (nSPS) is 13.0. The molecule has 3 heteroatoms. The van der Waals surface area contributed by atoms with Gasteiger partial charge in [0.15, 0.2) is 0 Å². The number of aryl methyl sites for hydroxylation is 1. The van der Waals surface area contributed by atoms with E-state index in [0.29, 0.717) is 6.04 Å². The van der Waals surface area contributed by atoms with Gasteiger partial charge in [-0.15, -0.1) is 0 Å². The zero-order chi connectivity index (χ0) is 12.0. The zero-order valence-corrected chi connectivity index (χ0v) is 11.1. The number of imidazole rings is 1. The van der Waals surface area contributed by atoms with Crippen LogP contribution in [-0.2, 0) is 0 Å². The molecule has 0 aliphatic heterocycles. The highest BCUT2D eigenvalue weighted by molar-refractivity contribution is 5.09. The van der Waals surface area contributed by atoms with Gasteiger partial charge in [0.1, 0.15) is 0 Å². The third-order valence-corrected chi connectivity index (χ3v) is 3.16. The van der Waals surface area contributed by atoms with Crippen LogP contribution in [0.2, 0.25) is 0 Å². The fourth-order valence-electron chi connectivity index (χ4n) is 1.92. The highest BCUT2D eigenvalue weighted by Crippen LogP contribution is 2.16. The summed E-state index contributed by atoms with van der Waals surface area (Å²) in [6.07, 6.45) is 5.63. The lowest BCUT2D eigenvalue weighted by Gasteiger charge is -2.15. The zero-order valence-electron chi connectivity index (χ0n) is 11.1. The van der Waals surface area contributed by atoms with Gasteiger partial charge < -0.3 is 9.88 Å². The van der Waals surface area contributed by atoms with Gasteiger partial charge in [0.25, 0.3) is 0 Å². The molecule has 0 saturated heterocycles. The van der Waals surface area contributed by atoms with Crippen LogP contribution >= 0.6 is 0 Å². The van der Waals surface area contributed by atoms with Crippen molar-refractivity contribution in [2.24, 2.45) is 0 Å². The summed E-state index contributed by atoms with van der Waals surface area (Å²) >= 11 is 0. The Labute approximate surface area is 99.3 Å². The molecule has 1 aromatic rings. The molecule has 0 aliphatic rings. The molecule has 0 radical (unpaired) electrons. The summed E-state index contributed by atoms with van der Waals surface area (Å²) in [7, 11) is 0. The lowest BCUT2D eigenvalue weighted by Crippen LogP contribution is -2.17. The molecule has 0 spiro atoms. The molecule has 0 fully saturated rings. The third kappa shape index (κ3) is 3.63. The molecular formula is C13H25N3. The maximum Gasteiger partial charge on any atom is 0.0953 e. The van der Waals surface area contributed by atoms with Crippen LogP contribution in [-0.4, -0.2) is 22.6 Å². The molecule has 0 bridgehead atoms. The van der Waals surface area contributed by atoms with E-state index in [2.05, 4.69) is 42.6 Å². The third-order valence-electron chi connectivity index (χ3n) is 3.16. The molecule has 16 heavy (non-hydrogen) atoms. The van der Waals surface area contributed by atoms with Gasteiger partial charge in [0, 0.05) is 11.7 Å². The average molecular weight is 223 g/mol. The Morgan fingerprint density at radius 3 is 2.69 bits per heavy atom. The number of hydrogen-bond donors (Lipinski definition) is 1. The highest BCUT2D eigenvalue weighted by atomic mass is 15.1. The van der Waals surface area contributed by atoms with Crippen LogP contribution in [0.3, 0.4) is 0 Å². The summed E-state index contributed by atoms with van der Waals surface area (Å²) < 4.78 is 2.29. The summed E-state index contributed by atoms with van der Waals surface area (Å²) in [4.78, 5) is 4.34. The second-order valence-corrected chi connectivity index (χ2v) is 4.56. The van der Waals surface area contributed by atoms with Gasteiger partial charge in [-0.25, -0.2) is 4.98 Å². The molecule has 0 aromatic carbocycles. The van der Waals surface area contributed by atoms with Crippen molar-refractivity contribution >= 4 is 0 Å². The van der Waals surface area contributed by atoms with E-state index >= 15 is 0 Å². The predicted octanol–water partition coefficient (Wildman–Crippen LogP) is 2.84. The molecule has 1 aromatic heterocycles.